The van der Waals surface area contributed by atoms with Gasteiger partial charge in [0.25, 0.3) is 5.91 Å². The van der Waals surface area contributed by atoms with Crippen LogP contribution in [0.25, 0.3) is 16.9 Å². The maximum Gasteiger partial charge on any atom is 0.330 e. The van der Waals surface area contributed by atoms with Gasteiger partial charge < -0.3 is 10.1 Å². The number of nitrogens with one attached hydrogen (secondary N) is 2. The molecule has 0 bridgehead atoms. The monoisotopic (exact) mass is 515 g/mol. The minimum atomic E-state index is -0.355. The van der Waals surface area contributed by atoms with Gasteiger partial charge in [0, 0.05) is 42.5 Å². The highest BCUT2D eigenvalue weighted by atomic mass is 16.5. The first-order valence-corrected chi connectivity index (χ1v) is 13.3. The summed E-state index contributed by atoms with van der Waals surface area (Å²) < 4.78 is 6.81. The molecule has 0 aliphatic carbocycles. The van der Waals surface area contributed by atoms with Crippen LogP contribution in [0, 0.1) is 20.8 Å². The Kier molecular flexibility index (Phi) is 8.97. The summed E-state index contributed by atoms with van der Waals surface area (Å²) in [6, 6.07) is 14.2. The van der Waals surface area contributed by atoms with E-state index in [0.29, 0.717) is 18.8 Å². The molecule has 38 heavy (non-hydrogen) atoms. The third-order valence-corrected chi connectivity index (χ3v) is 6.63. The minimum Gasteiger partial charge on any atom is -0.463 e. The third-order valence-electron chi connectivity index (χ3n) is 6.63. The number of anilines is 1. The minimum absolute atomic E-state index is 0.187. The maximum absolute atomic E-state index is 13.4. The summed E-state index contributed by atoms with van der Waals surface area (Å²) in [7, 11) is 0. The van der Waals surface area contributed by atoms with E-state index in [9.17, 15) is 9.59 Å². The number of nitrogens with zero attached hydrogens (tertiary/aromatic N) is 3. The molecule has 1 aliphatic rings. The van der Waals surface area contributed by atoms with E-state index >= 15 is 0 Å². The predicted molar refractivity (Wildman–Crippen MR) is 150 cm³/mol. The van der Waals surface area contributed by atoms with Crippen molar-refractivity contribution in [3.63, 3.8) is 0 Å². The topological polar surface area (TPSA) is 88.5 Å². The van der Waals surface area contributed by atoms with Gasteiger partial charge in [-0.3, -0.25) is 10.2 Å². The van der Waals surface area contributed by atoms with Crippen LogP contribution in [0.15, 0.2) is 54.6 Å². The Morgan fingerprint density at radius 3 is 2.58 bits per heavy atom. The van der Waals surface area contributed by atoms with Gasteiger partial charge in [0.05, 0.1) is 18.0 Å². The van der Waals surface area contributed by atoms with Crippen molar-refractivity contribution in [1.29, 1.82) is 0 Å². The molecule has 1 amide bonds. The van der Waals surface area contributed by atoms with Crippen LogP contribution in [0.5, 0.6) is 0 Å². The molecule has 1 aliphatic heterocycles. The SMILES string of the molecule is CCOC(=O)/C=C\CNc1cccc(-c2c(C)c(C(=O)NN3CCCCC3)nn2-c2ccc(C)cc2C)c1. The van der Waals surface area contributed by atoms with E-state index in [4.69, 9.17) is 9.84 Å². The lowest BCUT2D eigenvalue weighted by molar-refractivity contribution is -0.137. The fourth-order valence-electron chi connectivity index (χ4n) is 4.77. The van der Waals surface area contributed by atoms with Gasteiger partial charge in [-0.15, -0.1) is 0 Å². The number of aromatic nitrogens is 2. The van der Waals surface area contributed by atoms with Crippen LogP contribution < -0.4 is 10.7 Å². The molecule has 200 valence electrons. The summed E-state index contributed by atoms with van der Waals surface area (Å²) in [5.41, 5.74) is 10.2. The van der Waals surface area contributed by atoms with Crippen molar-refractivity contribution in [2.24, 2.45) is 0 Å². The van der Waals surface area contributed by atoms with Gasteiger partial charge in [0.1, 0.15) is 0 Å². The zero-order valence-corrected chi connectivity index (χ0v) is 22.7. The highest BCUT2D eigenvalue weighted by molar-refractivity contribution is 5.95. The largest absolute Gasteiger partial charge is 0.463 e. The summed E-state index contributed by atoms with van der Waals surface area (Å²) >= 11 is 0. The van der Waals surface area contributed by atoms with Crippen LogP contribution in [0.4, 0.5) is 5.69 Å². The molecule has 1 saturated heterocycles. The lowest BCUT2D eigenvalue weighted by Gasteiger charge is -2.26. The van der Waals surface area contributed by atoms with E-state index in [1.54, 1.807) is 13.0 Å². The average Bonchev–Trinajstić information content (AvgIpc) is 3.24. The van der Waals surface area contributed by atoms with E-state index in [1.807, 2.05) is 40.9 Å². The Morgan fingerprint density at radius 1 is 1.05 bits per heavy atom. The van der Waals surface area contributed by atoms with Gasteiger partial charge in [0.15, 0.2) is 5.69 Å². The van der Waals surface area contributed by atoms with E-state index < -0.39 is 0 Å². The molecule has 2 aromatic carbocycles. The molecule has 8 nitrogen and oxygen atoms in total. The molecule has 0 saturated carbocycles. The first kappa shape index (κ1) is 27.1. The molecule has 2 heterocycles. The van der Waals surface area contributed by atoms with Gasteiger partial charge >= 0.3 is 5.97 Å². The third kappa shape index (κ3) is 6.50. The lowest BCUT2D eigenvalue weighted by Crippen LogP contribution is -2.45. The fourth-order valence-corrected chi connectivity index (χ4v) is 4.77. The summed E-state index contributed by atoms with van der Waals surface area (Å²) in [6.07, 6.45) is 6.51. The number of carbonyl (C=O) groups excluding carboxylic acids is 2. The Hall–Kier alpha value is -3.91. The molecule has 0 atom stereocenters. The van der Waals surface area contributed by atoms with Gasteiger partial charge in [-0.1, -0.05) is 42.3 Å². The number of hydrogen-bond acceptors (Lipinski definition) is 6. The molecule has 0 radical (unpaired) electrons. The second kappa shape index (κ2) is 12.6. The van der Waals surface area contributed by atoms with Gasteiger partial charge in [-0.2, -0.15) is 5.10 Å². The number of ether oxygens (including phenoxy) is 1. The van der Waals surface area contributed by atoms with E-state index in [-0.39, 0.29) is 11.9 Å². The van der Waals surface area contributed by atoms with Crippen molar-refractivity contribution < 1.29 is 14.3 Å². The molecule has 2 N–H and O–H groups in total. The van der Waals surface area contributed by atoms with Crippen LogP contribution in [-0.4, -0.2) is 52.9 Å². The normalized spacial score (nSPS) is 14.0. The van der Waals surface area contributed by atoms with E-state index in [0.717, 1.165) is 59.7 Å². The van der Waals surface area contributed by atoms with Crippen molar-refractivity contribution >= 4 is 17.6 Å². The van der Waals surface area contributed by atoms with Crippen LogP contribution in [0.1, 0.15) is 53.4 Å². The Balaban J connectivity index is 1.67. The number of hydrogen-bond donors (Lipinski definition) is 2. The molecule has 3 aromatic rings. The van der Waals surface area contributed by atoms with Crippen molar-refractivity contribution in [3.8, 4) is 16.9 Å². The summed E-state index contributed by atoms with van der Waals surface area (Å²) in [6.45, 7) is 10.4. The number of carbonyl (C=O) groups is 2. The van der Waals surface area contributed by atoms with Crippen molar-refractivity contribution in [1.82, 2.24) is 20.2 Å². The van der Waals surface area contributed by atoms with Crippen LogP contribution in [0.3, 0.4) is 0 Å². The Morgan fingerprint density at radius 2 is 1.84 bits per heavy atom. The first-order chi connectivity index (χ1) is 18.4. The highest BCUT2D eigenvalue weighted by Gasteiger charge is 2.24. The Bertz CT molecular complexity index is 1320. The number of benzene rings is 2. The first-order valence-electron chi connectivity index (χ1n) is 13.3. The zero-order chi connectivity index (χ0) is 27.1. The lowest BCUT2D eigenvalue weighted by atomic mass is 10.0. The maximum atomic E-state index is 13.4. The summed E-state index contributed by atoms with van der Waals surface area (Å²) in [5, 5.41) is 10.2. The van der Waals surface area contributed by atoms with Crippen molar-refractivity contribution in [2.75, 3.05) is 31.6 Å². The summed E-state index contributed by atoms with van der Waals surface area (Å²) in [5.74, 6) is -0.543. The van der Waals surface area contributed by atoms with E-state index in [2.05, 4.69) is 42.8 Å². The quantitative estimate of drug-likeness (QED) is 0.304. The average molecular weight is 516 g/mol. The number of aryl methyl sites for hydroxylation is 2. The highest BCUT2D eigenvalue weighted by Crippen LogP contribution is 2.32. The number of esters is 1. The van der Waals surface area contributed by atoms with Gasteiger partial charge in [0.2, 0.25) is 0 Å². The van der Waals surface area contributed by atoms with Crippen LogP contribution in [0.2, 0.25) is 0 Å². The van der Waals surface area contributed by atoms with Gasteiger partial charge in [-0.05, 0) is 64.3 Å². The summed E-state index contributed by atoms with van der Waals surface area (Å²) in [4.78, 5) is 24.9. The standard InChI is InChI=1S/C30H37N5O3/c1-5-38-27(36)13-10-16-31-25-12-9-11-24(20-25)29-23(4)28(30(37)33-34-17-7-6-8-18-34)32-35(29)26-15-14-21(2)19-22(26)3/h9-15,19-20,31H,5-8,16-18H2,1-4H3,(H,33,37)/b13-10-. The number of rotatable bonds is 9. The van der Waals surface area contributed by atoms with E-state index in [1.165, 1.54) is 18.1 Å². The van der Waals surface area contributed by atoms with Gasteiger partial charge in [-0.25, -0.2) is 14.5 Å². The second-order valence-electron chi connectivity index (χ2n) is 9.63. The predicted octanol–water partition coefficient (Wildman–Crippen LogP) is 5.13. The smallest absolute Gasteiger partial charge is 0.330 e. The van der Waals surface area contributed by atoms with Crippen molar-refractivity contribution in [2.45, 2.75) is 47.0 Å². The van der Waals surface area contributed by atoms with Crippen molar-refractivity contribution in [3.05, 3.63) is 77.0 Å². The Labute approximate surface area is 224 Å². The second-order valence-corrected chi connectivity index (χ2v) is 9.63. The number of amides is 1. The molecule has 0 unspecified atom stereocenters. The molecule has 1 aromatic heterocycles. The molecular weight excluding hydrogens is 478 g/mol. The van der Waals surface area contributed by atoms with Crippen LogP contribution in [-0.2, 0) is 9.53 Å². The molecular formula is C30H37N5O3. The number of hydrazine groups is 1. The molecule has 8 heteroatoms. The molecule has 1 fully saturated rings. The fraction of sp³-hybridized carbons (Fsp3) is 0.367. The molecule has 4 rings (SSSR count). The molecule has 0 spiro atoms. The van der Waals surface area contributed by atoms with Crippen LogP contribution >= 0.6 is 0 Å². The number of piperidine rings is 1. The zero-order valence-electron chi connectivity index (χ0n) is 22.7.